The van der Waals surface area contributed by atoms with E-state index >= 15 is 0 Å². The summed E-state index contributed by atoms with van der Waals surface area (Å²) in [6.07, 6.45) is 3.43. The maximum absolute atomic E-state index is 13.1. The van der Waals surface area contributed by atoms with E-state index in [1.165, 1.54) is 24.6 Å². The van der Waals surface area contributed by atoms with E-state index in [1.54, 1.807) is 0 Å². The van der Waals surface area contributed by atoms with Gasteiger partial charge in [0, 0.05) is 29.4 Å². The number of halogens is 2. The van der Waals surface area contributed by atoms with E-state index in [9.17, 15) is 9.18 Å². The van der Waals surface area contributed by atoms with E-state index in [4.69, 9.17) is 11.6 Å². The summed E-state index contributed by atoms with van der Waals surface area (Å²) in [5.41, 5.74) is 0.601. The zero-order valence-corrected chi connectivity index (χ0v) is 10.7. The Labute approximate surface area is 111 Å². The Kier molecular flexibility index (Phi) is 3.12. The smallest absolute Gasteiger partial charge is 0.142 e. The normalized spacial score (nSPS) is 29.8. The molecule has 0 aliphatic carbocycles. The first-order chi connectivity index (χ1) is 8.63. The second-order valence-corrected chi connectivity index (χ2v) is 5.68. The number of carbonyl (C=O) groups excluding carboxylic acids is 1. The molecular formula is C14H15ClFNO. The summed E-state index contributed by atoms with van der Waals surface area (Å²) in [6.45, 7) is 0. The lowest BCUT2D eigenvalue weighted by atomic mass is 9.84. The highest BCUT2D eigenvalue weighted by molar-refractivity contribution is 6.31. The number of carbonyl (C=O) groups is 1. The maximum Gasteiger partial charge on any atom is 0.142 e. The number of benzene rings is 1. The van der Waals surface area contributed by atoms with Gasteiger partial charge in [-0.05, 0) is 43.0 Å². The van der Waals surface area contributed by atoms with Gasteiger partial charge in [-0.15, -0.1) is 0 Å². The van der Waals surface area contributed by atoms with E-state index in [0.717, 1.165) is 12.8 Å². The van der Waals surface area contributed by atoms with Gasteiger partial charge in [0.2, 0.25) is 0 Å². The fourth-order valence-electron chi connectivity index (χ4n) is 3.18. The Balaban J connectivity index is 1.72. The Bertz CT molecular complexity index is 491. The van der Waals surface area contributed by atoms with Crippen molar-refractivity contribution in [3.63, 3.8) is 0 Å². The number of nitrogens with one attached hydrogen (secondary N) is 1. The lowest BCUT2D eigenvalue weighted by molar-refractivity contribution is -0.122. The third-order valence-electron chi connectivity index (χ3n) is 4.09. The third-order valence-corrected chi connectivity index (χ3v) is 4.45. The van der Waals surface area contributed by atoms with Crippen LogP contribution in [0.15, 0.2) is 18.2 Å². The molecule has 1 aromatic carbocycles. The molecule has 3 atom stereocenters. The molecule has 2 nitrogen and oxygen atoms in total. The molecule has 3 unspecified atom stereocenters. The molecule has 3 rings (SSSR count). The van der Waals surface area contributed by atoms with Crippen LogP contribution in [-0.4, -0.2) is 17.9 Å². The SMILES string of the molecule is O=C(Cc1cc(F)ccc1Cl)C1CC2CCC1N2. The third kappa shape index (κ3) is 2.17. The molecule has 2 fully saturated rings. The molecule has 1 N–H and O–H groups in total. The molecule has 0 aromatic heterocycles. The molecule has 2 bridgehead atoms. The van der Waals surface area contributed by atoms with E-state index in [2.05, 4.69) is 5.32 Å². The monoisotopic (exact) mass is 267 g/mol. The van der Waals surface area contributed by atoms with E-state index in [-0.39, 0.29) is 23.9 Å². The van der Waals surface area contributed by atoms with Crippen LogP contribution in [0.1, 0.15) is 24.8 Å². The van der Waals surface area contributed by atoms with Crippen LogP contribution >= 0.6 is 11.6 Å². The summed E-state index contributed by atoms with van der Waals surface area (Å²) in [5.74, 6) is -0.0708. The predicted octanol–water partition coefficient (Wildman–Crippen LogP) is 2.73. The van der Waals surface area contributed by atoms with Crippen molar-refractivity contribution in [3.8, 4) is 0 Å². The number of rotatable bonds is 3. The molecule has 18 heavy (non-hydrogen) atoms. The highest BCUT2D eigenvalue weighted by atomic mass is 35.5. The minimum absolute atomic E-state index is 0.0862. The van der Waals surface area contributed by atoms with Gasteiger partial charge in [-0.1, -0.05) is 11.6 Å². The summed E-state index contributed by atoms with van der Waals surface area (Å²) < 4.78 is 13.1. The molecule has 2 saturated heterocycles. The molecule has 2 heterocycles. The van der Waals surface area contributed by atoms with Crippen molar-refractivity contribution in [3.05, 3.63) is 34.6 Å². The number of hydrogen-bond donors (Lipinski definition) is 1. The molecular weight excluding hydrogens is 253 g/mol. The Hall–Kier alpha value is -0.930. The molecule has 1 aromatic rings. The summed E-state index contributed by atoms with van der Waals surface area (Å²) >= 11 is 5.99. The van der Waals surface area contributed by atoms with Crippen molar-refractivity contribution >= 4 is 17.4 Å². The second kappa shape index (κ2) is 4.63. The molecule has 96 valence electrons. The molecule has 0 spiro atoms. The lowest BCUT2D eigenvalue weighted by Crippen LogP contribution is -2.29. The zero-order valence-electron chi connectivity index (χ0n) is 9.96. The van der Waals surface area contributed by atoms with Gasteiger partial charge in [0.25, 0.3) is 0 Å². The number of ketones is 1. The summed E-state index contributed by atoms with van der Waals surface area (Å²) in [5, 5.41) is 3.92. The van der Waals surface area contributed by atoms with Crippen LogP contribution in [-0.2, 0) is 11.2 Å². The van der Waals surface area contributed by atoms with Gasteiger partial charge in [0.1, 0.15) is 11.6 Å². The standard InChI is InChI=1S/C14H15ClFNO/c15-12-3-1-9(16)5-8(12)6-14(18)11-7-10-2-4-13(11)17-10/h1,3,5,10-11,13,17H,2,4,6-7H2. The summed E-state index contributed by atoms with van der Waals surface area (Å²) in [4.78, 5) is 12.2. The van der Waals surface area contributed by atoms with Crippen LogP contribution in [0.4, 0.5) is 4.39 Å². The van der Waals surface area contributed by atoms with Gasteiger partial charge in [-0.25, -0.2) is 4.39 Å². The van der Waals surface area contributed by atoms with E-state index < -0.39 is 0 Å². The summed E-state index contributed by atoms with van der Waals surface area (Å²) in [6, 6.07) is 5.02. The van der Waals surface area contributed by atoms with Crippen LogP contribution in [0.5, 0.6) is 0 Å². The van der Waals surface area contributed by atoms with Gasteiger partial charge in [-0.2, -0.15) is 0 Å². The highest BCUT2D eigenvalue weighted by Gasteiger charge is 2.42. The first-order valence-corrected chi connectivity index (χ1v) is 6.74. The van der Waals surface area contributed by atoms with Crippen molar-refractivity contribution in [2.45, 2.75) is 37.8 Å². The molecule has 2 aliphatic heterocycles. The van der Waals surface area contributed by atoms with Gasteiger partial charge in [0.05, 0.1) is 0 Å². The van der Waals surface area contributed by atoms with Crippen molar-refractivity contribution in [1.29, 1.82) is 0 Å². The second-order valence-electron chi connectivity index (χ2n) is 5.27. The van der Waals surface area contributed by atoms with E-state index in [0.29, 0.717) is 22.7 Å². The van der Waals surface area contributed by atoms with Crippen molar-refractivity contribution in [2.24, 2.45) is 5.92 Å². The Morgan fingerprint density at radius 2 is 2.28 bits per heavy atom. The molecule has 2 aliphatic rings. The van der Waals surface area contributed by atoms with Crippen molar-refractivity contribution < 1.29 is 9.18 Å². The van der Waals surface area contributed by atoms with Crippen LogP contribution < -0.4 is 5.32 Å². The highest BCUT2D eigenvalue weighted by Crippen LogP contribution is 2.34. The maximum atomic E-state index is 13.1. The molecule has 0 amide bonds. The average molecular weight is 268 g/mol. The van der Waals surface area contributed by atoms with Crippen LogP contribution in [0, 0.1) is 11.7 Å². The molecule has 0 saturated carbocycles. The first-order valence-electron chi connectivity index (χ1n) is 6.36. The molecule has 0 radical (unpaired) electrons. The predicted molar refractivity (Wildman–Crippen MR) is 68.2 cm³/mol. The Morgan fingerprint density at radius 1 is 1.44 bits per heavy atom. The van der Waals surface area contributed by atoms with Gasteiger partial charge in [-0.3, -0.25) is 4.79 Å². The van der Waals surface area contributed by atoms with Crippen LogP contribution in [0.3, 0.4) is 0 Å². The van der Waals surface area contributed by atoms with Gasteiger partial charge < -0.3 is 5.32 Å². The van der Waals surface area contributed by atoms with Gasteiger partial charge in [0.15, 0.2) is 0 Å². The largest absolute Gasteiger partial charge is 0.310 e. The van der Waals surface area contributed by atoms with Gasteiger partial charge >= 0.3 is 0 Å². The first kappa shape index (κ1) is 12.1. The quantitative estimate of drug-likeness (QED) is 0.912. The minimum Gasteiger partial charge on any atom is -0.310 e. The van der Waals surface area contributed by atoms with Crippen LogP contribution in [0.2, 0.25) is 5.02 Å². The van der Waals surface area contributed by atoms with Crippen molar-refractivity contribution in [1.82, 2.24) is 5.32 Å². The topological polar surface area (TPSA) is 29.1 Å². The average Bonchev–Trinajstić information content (AvgIpc) is 2.96. The number of fused-ring (bicyclic) bond motifs is 2. The number of Topliss-reactive ketones (excluding diaryl/α,β-unsaturated/α-hetero) is 1. The Morgan fingerprint density at radius 3 is 2.94 bits per heavy atom. The summed E-state index contributed by atoms with van der Waals surface area (Å²) in [7, 11) is 0. The van der Waals surface area contributed by atoms with E-state index in [1.807, 2.05) is 0 Å². The minimum atomic E-state index is -0.340. The molecule has 4 heteroatoms. The number of hydrogen-bond acceptors (Lipinski definition) is 2. The fraction of sp³-hybridized carbons (Fsp3) is 0.500. The lowest BCUT2D eigenvalue weighted by Gasteiger charge is -2.19. The van der Waals surface area contributed by atoms with Crippen molar-refractivity contribution in [2.75, 3.05) is 0 Å². The zero-order chi connectivity index (χ0) is 12.7. The van der Waals surface area contributed by atoms with Crippen LogP contribution in [0.25, 0.3) is 0 Å². The fourth-order valence-corrected chi connectivity index (χ4v) is 3.36.